The molecule has 1 aromatic rings. The predicted octanol–water partition coefficient (Wildman–Crippen LogP) is -0.474. The Morgan fingerprint density at radius 3 is 2.82 bits per heavy atom. The molecule has 0 amide bonds. The fourth-order valence-electron chi connectivity index (χ4n) is 0.776. The Bertz CT molecular complexity index is 286. The van der Waals surface area contributed by atoms with Crippen molar-refractivity contribution in [3.05, 3.63) is 16.4 Å². The van der Waals surface area contributed by atoms with E-state index in [2.05, 4.69) is 9.52 Å². The highest BCUT2D eigenvalue weighted by Gasteiger charge is 2.05. The molecule has 0 aliphatic carbocycles. The van der Waals surface area contributed by atoms with Crippen LogP contribution in [0.5, 0.6) is 0 Å². The normalized spacial score (nSPS) is 13.4. The zero-order chi connectivity index (χ0) is 8.43. The van der Waals surface area contributed by atoms with Gasteiger partial charge in [0.2, 0.25) is 5.89 Å². The van der Waals surface area contributed by atoms with E-state index in [0.717, 1.165) is 4.68 Å². The third kappa shape index (κ3) is 1.91. The number of aromatic nitrogens is 2. The zero-order valence-electron chi connectivity index (χ0n) is 6.44. The third-order valence-electron chi connectivity index (χ3n) is 1.14. The average Bonchev–Trinajstić information content (AvgIpc) is 2.09. The van der Waals surface area contributed by atoms with Crippen molar-refractivity contribution < 1.29 is 9.52 Å². The lowest BCUT2D eigenvalue weighted by molar-refractivity contribution is 0.165. The van der Waals surface area contributed by atoms with Crippen molar-refractivity contribution in [1.29, 1.82) is 0 Å². The summed E-state index contributed by atoms with van der Waals surface area (Å²) in [7, 11) is 0. The first-order valence-corrected chi connectivity index (χ1v) is 3.32. The van der Waals surface area contributed by atoms with Crippen LogP contribution >= 0.6 is 0 Å². The SMILES string of the molecule is Cc1nn(CC(C)O)c(=O)o1. The summed E-state index contributed by atoms with van der Waals surface area (Å²) in [4.78, 5) is 10.8. The Morgan fingerprint density at radius 1 is 1.82 bits per heavy atom. The van der Waals surface area contributed by atoms with Crippen LogP contribution in [-0.4, -0.2) is 21.0 Å². The van der Waals surface area contributed by atoms with Crippen molar-refractivity contribution in [2.45, 2.75) is 26.5 Å². The van der Waals surface area contributed by atoms with Gasteiger partial charge in [0, 0.05) is 6.92 Å². The molecule has 1 atom stereocenters. The molecule has 1 N–H and O–H groups in total. The van der Waals surface area contributed by atoms with E-state index in [9.17, 15) is 4.79 Å². The van der Waals surface area contributed by atoms with Crippen LogP contribution < -0.4 is 5.76 Å². The van der Waals surface area contributed by atoms with Crippen LogP contribution in [0.3, 0.4) is 0 Å². The van der Waals surface area contributed by atoms with Gasteiger partial charge in [-0.3, -0.25) is 0 Å². The summed E-state index contributed by atoms with van der Waals surface area (Å²) in [5.74, 6) is -0.209. The highest BCUT2D eigenvalue weighted by Crippen LogP contribution is 1.88. The van der Waals surface area contributed by atoms with Gasteiger partial charge in [-0.2, -0.15) is 4.68 Å². The van der Waals surface area contributed by atoms with E-state index in [1.54, 1.807) is 13.8 Å². The van der Waals surface area contributed by atoms with Gasteiger partial charge in [0.15, 0.2) is 0 Å². The van der Waals surface area contributed by atoms with Crippen molar-refractivity contribution in [1.82, 2.24) is 9.78 Å². The summed E-state index contributed by atoms with van der Waals surface area (Å²) in [6.07, 6.45) is -0.586. The molecule has 1 rings (SSSR count). The standard InChI is InChI=1S/C6H10N2O3/c1-4(9)3-8-6(10)11-5(2)7-8/h4,9H,3H2,1-2H3. The summed E-state index contributed by atoms with van der Waals surface area (Å²) in [5.41, 5.74) is 0. The van der Waals surface area contributed by atoms with Gasteiger partial charge in [-0.1, -0.05) is 0 Å². The van der Waals surface area contributed by atoms with Crippen LogP contribution in [0.15, 0.2) is 9.21 Å². The molecule has 0 aromatic carbocycles. The monoisotopic (exact) mass is 158 g/mol. The lowest BCUT2D eigenvalue weighted by atomic mass is 10.4. The van der Waals surface area contributed by atoms with Crippen molar-refractivity contribution in [2.24, 2.45) is 0 Å². The minimum atomic E-state index is -0.586. The van der Waals surface area contributed by atoms with Crippen LogP contribution in [0.2, 0.25) is 0 Å². The number of aryl methyl sites for hydroxylation is 1. The number of rotatable bonds is 2. The maximum Gasteiger partial charge on any atom is 0.437 e. The molecule has 0 bridgehead atoms. The Kier molecular flexibility index (Phi) is 2.09. The van der Waals surface area contributed by atoms with E-state index >= 15 is 0 Å². The average molecular weight is 158 g/mol. The molecule has 0 saturated carbocycles. The molecule has 5 nitrogen and oxygen atoms in total. The van der Waals surface area contributed by atoms with E-state index in [0.29, 0.717) is 5.89 Å². The molecule has 5 heteroatoms. The molecule has 0 fully saturated rings. The largest absolute Gasteiger partial charge is 0.437 e. The molecule has 1 aromatic heterocycles. The maximum absolute atomic E-state index is 10.8. The van der Waals surface area contributed by atoms with Gasteiger partial charge in [-0.15, -0.1) is 5.10 Å². The number of hydrogen-bond acceptors (Lipinski definition) is 4. The molecule has 0 aliphatic heterocycles. The van der Waals surface area contributed by atoms with Crippen LogP contribution in [0.1, 0.15) is 12.8 Å². The molecular weight excluding hydrogens is 148 g/mol. The van der Waals surface area contributed by atoms with Crippen LogP contribution in [-0.2, 0) is 6.54 Å². The molecule has 11 heavy (non-hydrogen) atoms. The Balaban J connectivity index is 2.86. The van der Waals surface area contributed by atoms with Gasteiger partial charge >= 0.3 is 5.76 Å². The van der Waals surface area contributed by atoms with Gasteiger partial charge in [0.25, 0.3) is 0 Å². The lowest BCUT2D eigenvalue weighted by Gasteiger charge is -1.99. The first-order valence-electron chi connectivity index (χ1n) is 3.32. The highest BCUT2D eigenvalue weighted by atomic mass is 16.4. The highest BCUT2D eigenvalue weighted by molar-refractivity contribution is 4.67. The molecule has 1 unspecified atom stereocenters. The van der Waals surface area contributed by atoms with Crippen molar-refractivity contribution in [3.8, 4) is 0 Å². The van der Waals surface area contributed by atoms with E-state index < -0.39 is 11.9 Å². The Hall–Kier alpha value is -1.10. The summed E-state index contributed by atoms with van der Waals surface area (Å²) < 4.78 is 5.70. The molecule has 1 heterocycles. The minimum Gasteiger partial charge on any atom is -0.393 e. The Morgan fingerprint density at radius 2 is 2.45 bits per heavy atom. The van der Waals surface area contributed by atoms with Crippen LogP contribution in [0, 0.1) is 6.92 Å². The molecular formula is C6H10N2O3. The van der Waals surface area contributed by atoms with Gasteiger partial charge in [-0.25, -0.2) is 4.79 Å². The van der Waals surface area contributed by atoms with E-state index in [4.69, 9.17) is 5.11 Å². The minimum absolute atomic E-state index is 0.177. The molecule has 0 saturated heterocycles. The fraction of sp³-hybridized carbons (Fsp3) is 0.667. The quantitative estimate of drug-likeness (QED) is 0.631. The second kappa shape index (κ2) is 2.87. The number of aliphatic hydroxyl groups is 1. The topological polar surface area (TPSA) is 68.3 Å². The number of nitrogens with zero attached hydrogens (tertiary/aromatic N) is 2. The summed E-state index contributed by atoms with van der Waals surface area (Å²) in [6, 6.07) is 0. The molecule has 62 valence electrons. The first-order chi connectivity index (χ1) is 5.09. The van der Waals surface area contributed by atoms with Gasteiger partial charge in [0.1, 0.15) is 0 Å². The second-order valence-corrected chi connectivity index (χ2v) is 2.42. The van der Waals surface area contributed by atoms with Crippen LogP contribution in [0.4, 0.5) is 0 Å². The van der Waals surface area contributed by atoms with E-state index in [1.807, 2.05) is 0 Å². The van der Waals surface area contributed by atoms with Crippen molar-refractivity contribution in [2.75, 3.05) is 0 Å². The number of hydrogen-bond donors (Lipinski definition) is 1. The summed E-state index contributed by atoms with van der Waals surface area (Å²) in [5, 5.41) is 12.6. The maximum atomic E-state index is 10.8. The molecule has 0 aliphatic rings. The van der Waals surface area contributed by atoms with Crippen molar-refractivity contribution >= 4 is 0 Å². The lowest BCUT2D eigenvalue weighted by Crippen LogP contribution is -2.22. The molecule has 0 radical (unpaired) electrons. The zero-order valence-corrected chi connectivity index (χ0v) is 6.44. The predicted molar refractivity (Wildman–Crippen MR) is 37.2 cm³/mol. The summed E-state index contributed by atoms with van der Waals surface area (Å²) >= 11 is 0. The Labute approximate surface area is 63.3 Å². The third-order valence-corrected chi connectivity index (χ3v) is 1.14. The fourth-order valence-corrected chi connectivity index (χ4v) is 0.776. The molecule has 0 spiro atoms. The van der Waals surface area contributed by atoms with E-state index in [-0.39, 0.29) is 6.54 Å². The number of aliphatic hydroxyl groups excluding tert-OH is 1. The van der Waals surface area contributed by atoms with Crippen molar-refractivity contribution in [3.63, 3.8) is 0 Å². The summed E-state index contributed by atoms with van der Waals surface area (Å²) in [6.45, 7) is 3.34. The van der Waals surface area contributed by atoms with Gasteiger partial charge < -0.3 is 9.52 Å². The van der Waals surface area contributed by atoms with Gasteiger partial charge in [-0.05, 0) is 6.92 Å². The first kappa shape index (κ1) is 8.00. The van der Waals surface area contributed by atoms with E-state index in [1.165, 1.54) is 0 Å². The second-order valence-electron chi connectivity index (χ2n) is 2.42. The van der Waals surface area contributed by atoms with Crippen LogP contribution in [0.25, 0.3) is 0 Å². The smallest absolute Gasteiger partial charge is 0.393 e. The van der Waals surface area contributed by atoms with Gasteiger partial charge in [0.05, 0.1) is 12.6 Å².